The van der Waals surface area contributed by atoms with Crippen molar-refractivity contribution in [1.82, 2.24) is 30.2 Å². The van der Waals surface area contributed by atoms with E-state index in [1.165, 1.54) is 30.9 Å². The van der Waals surface area contributed by atoms with Crippen LogP contribution in [-0.4, -0.2) is 63.6 Å². The second-order valence-electron chi connectivity index (χ2n) is 10.2. The molecule has 210 valence electrons. The summed E-state index contributed by atoms with van der Waals surface area (Å²) >= 11 is 0. The summed E-state index contributed by atoms with van der Waals surface area (Å²) in [5.41, 5.74) is 2.04. The summed E-state index contributed by atoms with van der Waals surface area (Å²) in [6.45, 7) is 5.62. The molecule has 40 heavy (non-hydrogen) atoms. The number of aromatic nitrogens is 4. The van der Waals surface area contributed by atoms with Crippen molar-refractivity contribution in [3.63, 3.8) is 0 Å². The average Bonchev–Trinajstić information content (AvgIpc) is 3.34. The van der Waals surface area contributed by atoms with E-state index < -0.39 is 11.6 Å². The zero-order chi connectivity index (χ0) is 28.9. The molecular weight excluding hydrogens is 512 g/mol. The van der Waals surface area contributed by atoms with Crippen LogP contribution in [0.3, 0.4) is 0 Å². The van der Waals surface area contributed by atoms with E-state index in [0.29, 0.717) is 33.8 Å². The number of hydrogen-bond donors (Lipinski definition) is 1. The van der Waals surface area contributed by atoms with Crippen molar-refractivity contribution in [2.24, 2.45) is 0 Å². The number of para-hydroxylation sites is 1. The van der Waals surface area contributed by atoms with Crippen LogP contribution in [0.15, 0.2) is 60.9 Å². The normalized spacial score (nSPS) is 12.1. The van der Waals surface area contributed by atoms with E-state index in [4.69, 9.17) is 14.2 Å². The van der Waals surface area contributed by atoms with Crippen LogP contribution in [0.5, 0.6) is 17.2 Å². The lowest BCUT2D eigenvalue weighted by atomic mass is 9.99. The van der Waals surface area contributed by atoms with Crippen molar-refractivity contribution < 1.29 is 23.8 Å². The van der Waals surface area contributed by atoms with E-state index in [2.05, 4.69) is 20.6 Å². The van der Waals surface area contributed by atoms with Crippen molar-refractivity contribution in [3.05, 3.63) is 72.1 Å². The second-order valence-corrected chi connectivity index (χ2v) is 10.2. The Kier molecular flexibility index (Phi) is 8.52. The maximum Gasteiger partial charge on any atom is 0.247 e. The average molecular weight is 547 g/mol. The first kappa shape index (κ1) is 28.3. The highest BCUT2D eigenvalue weighted by Gasteiger charge is 2.35. The molecule has 1 atom stereocenters. The van der Waals surface area contributed by atoms with E-state index in [1.54, 1.807) is 30.6 Å². The van der Waals surface area contributed by atoms with Gasteiger partial charge in [0.2, 0.25) is 17.6 Å². The number of methoxy groups -OCH3 is 3. The number of rotatable bonds is 10. The lowest BCUT2D eigenvalue weighted by Crippen LogP contribution is -2.49. The van der Waals surface area contributed by atoms with Crippen LogP contribution in [0.1, 0.15) is 37.9 Å². The third-order valence-corrected chi connectivity index (χ3v) is 6.16. The summed E-state index contributed by atoms with van der Waals surface area (Å²) in [6.07, 6.45) is 3.32. The Labute approximate surface area is 233 Å². The Morgan fingerprint density at radius 2 is 1.70 bits per heavy atom. The van der Waals surface area contributed by atoms with Gasteiger partial charge in [-0.3, -0.25) is 14.6 Å². The minimum absolute atomic E-state index is 0.109. The van der Waals surface area contributed by atoms with Crippen molar-refractivity contribution in [3.8, 4) is 17.2 Å². The summed E-state index contributed by atoms with van der Waals surface area (Å²) in [5.74, 6) is 0.385. The SMILES string of the molecule is COc1cc(C(C(=O)NC(C)(C)C)N(Cc2cccnc2)C(=O)Cn2nnc3ccccc32)cc(OC)c1OC. The molecule has 0 bridgehead atoms. The first-order valence-corrected chi connectivity index (χ1v) is 12.7. The first-order chi connectivity index (χ1) is 19.1. The molecule has 0 spiro atoms. The van der Waals surface area contributed by atoms with Crippen molar-refractivity contribution >= 4 is 22.8 Å². The van der Waals surface area contributed by atoms with Gasteiger partial charge in [-0.2, -0.15) is 0 Å². The number of carbonyl (C=O) groups excluding carboxylic acids is 2. The lowest BCUT2D eigenvalue weighted by Gasteiger charge is -2.34. The zero-order valence-corrected chi connectivity index (χ0v) is 23.5. The maximum atomic E-state index is 14.1. The van der Waals surface area contributed by atoms with Crippen LogP contribution >= 0.6 is 0 Å². The molecule has 0 aliphatic carbocycles. The number of amides is 2. The van der Waals surface area contributed by atoms with Gasteiger partial charge < -0.3 is 24.4 Å². The maximum absolute atomic E-state index is 14.1. The van der Waals surface area contributed by atoms with Gasteiger partial charge in [0, 0.05) is 24.5 Å². The van der Waals surface area contributed by atoms with E-state index in [9.17, 15) is 9.59 Å². The Balaban J connectivity index is 1.85. The van der Waals surface area contributed by atoms with Crippen LogP contribution in [-0.2, 0) is 22.7 Å². The Morgan fingerprint density at radius 1 is 1.00 bits per heavy atom. The highest BCUT2D eigenvalue weighted by atomic mass is 16.5. The lowest BCUT2D eigenvalue weighted by molar-refractivity contribution is -0.142. The third-order valence-electron chi connectivity index (χ3n) is 6.16. The molecule has 1 unspecified atom stereocenters. The molecule has 0 radical (unpaired) electrons. The minimum atomic E-state index is -1.06. The predicted molar refractivity (Wildman–Crippen MR) is 149 cm³/mol. The van der Waals surface area contributed by atoms with Gasteiger partial charge in [-0.1, -0.05) is 23.4 Å². The van der Waals surface area contributed by atoms with Crippen LogP contribution < -0.4 is 19.5 Å². The summed E-state index contributed by atoms with van der Waals surface area (Å²) in [5, 5.41) is 11.4. The first-order valence-electron chi connectivity index (χ1n) is 12.7. The molecule has 0 aliphatic rings. The van der Waals surface area contributed by atoms with Gasteiger partial charge in [-0.25, -0.2) is 4.68 Å². The number of nitrogens with one attached hydrogen (secondary N) is 1. The number of fused-ring (bicyclic) bond motifs is 1. The molecular formula is C29H34N6O5. The summed E-state index contributed by atoms with van der Waals surface area (Å²) in [4.78, 5) is 33.8. The van der Waals surface area contributed by atoms with Crippen LogP contribution in [0.4, 0.5) is 0 Å². The Bertz CT molecular complexity index is 1460. The fourth-order valence-electron chi connectivity index (χ4n) is 4.43. The van der Waals surface area contributed by atoms with Crippen LogP contribution in [0, 0.1) is 0 Å². The van der Waals surface area contributed by atoms with Gasteiger partial charge >= 0.3 is 0 Å². The highest BCUT2D eigenvalue weighted by molar-refractivity contribution is 5.90. The highest BCUT2D eigenvalue weighted by Crippen LogP contribution is 2.41. The molecule has 2 heterocycles. The molecule has 0 saturated carbocycles. The monoisotopic (exact) mass is 546 g/mol. The zero-order valence-electron chi connectivity index (χ0n) is 23.5. The van der Waals surface area contributed by atoms with E-state index >= 15 is 0 Å². The predicted octanol–water partition coefficient (Wildman–Crippen LogP) is 3.54. The second kappa shape index (κ2) is 12.0. The molecule has 0 fully saturated rings. The number of nitrogens with zero attached hydrogens (tertiary/aromatic N) is 5. The molecule has 0 saturated heterocycles. The van der Waals surface area contributed by atoms with E-state index in [1.807, 2.05) is 51.1 Å². The summed E-state index contributed by atoms with van der Waals surface area (Å²) in [7, 11) is 4.50. The molecule has 0 aliphatic heterocycles. The summed E-state index contributed by atoms with van der Waals surface area (Å²) in [6, 6.07) is 13.3. The van der Waals surface area contributed by atoms with E-state index in [0.717, 1.165) is 5.56 Å². The fraction of sp³-hybridized carbons (Fsp3) is 0.345. The van der Waals surface area contributed by atoms with Gasteiger partial charge in [0.1, 0.15) is 18.1 Å². The molecule has 4 aromatic rings. The van der Waals surface area contributed by atoms with Crippen molar-refractivity contribution in [2.75, 3.05) is 21.3 Å². The topological polar surface area (TPSA) is 121 Å². The van der Waals surface area contributed by atoms with Gasteiger partial charge in [-0.05, 0) is 62.2 Å². The number of ether oxygens (including phenoxy) is 3. The smallest absolute Gasteiger partial charge is 0.247 e. The van der Waals surface area contributed by atoms with Gasteiger partial charge in [0.15, 0.2) is 11.5 Å². The van der Waals surface area contributed by atoms with Crippen molar-refractivity contribution in [2.45, 2.75) is 45.4 Å². The quantitative estimate of drug-likeness (QED) is 0.321. The van der Waals surface area contributed by atoms with Gasteiger partial charge in [0.25, 0.3) is 0 Å². The molecule has 1 N–H and O–H groups in total. The van der Waals surface area contributed by atoms with Gasteiger partial charge in [0.05, 0.1) is 26.8 Å². The molecule has 2 amide bonds. The molecule has 11 heteroatoms. The van der Waals surface area contributed by atoms with Crippen LogP contribution in [0.25, 0.3) is 11.0 Å². The number of benzene rings is 2. The molecule has 2 aromatic heterocycles. The largest absolute Gasteiger partial charge is 0.493 e. The number of pyridine rings is 1. The summed E-state index contributed by atoms with van der Waals surface area (Å²) < 4.78 is 18.2. The van der Waals surface area contributed by atoms with Crippen LogP contribution in [0.2, 0.25) is 0 Å². The fourth-order valence-corrected chi connectivity index (χ4v) is 4.43. The Hall–Kier alpha value is -4.67. The molecule has 2 aromatic carbocycles. The number of carbonyl (C=O) groups is 2. The number of hydrogen-bond acceptors (Lipinski definition) is 8. The molecule has 11 nitrogen and oxygen atoms in total. The van der Waals surface area contributed by atoms with Crippen molar-refractivity contribution in [1.29, 1.82) is 0 Å². The van der Waals surface area contributed by atoms with Gasteiger partial charge in [-0.15, -0.1) is 5.10 Å². The standard InChI is InChI=1S/C29H34N6O5/c1-29(2,3)31-28(37)26(20-14-23(38-4)27(40-6)24(15-20)39-5)34(17-19-10-9-13-30-16-19)25(36)18-35-22-12-8-7-11-21(22)32-33-35/h7-16,26H,17-18H2,1-6H3,(H,31,37). The minimum Gasteiger partial charge on any atom is -0.493 e. The molecule has 4 rings (SSSR count). The third kappa shape index (κ3) is 6.31. The van der Waals surface area contributed by atoms with E-state index in [-0.39, 0.29) is 24.9 Å². The Morgan fingerprint density at radius 3 is 2.30 bits per heavy atom.